The standard InChI is InChI=1S/C13H8Br2Cl3N/c14-8-4-11(17)13(12(18)5-8)19-6-7-3-9(16)1-2-10(7)15/h1-5,19H,6H2. The van der Waals surface area contributed by atoms with Gasteiger partial charge in [-0.1, -0.05) is 66.7 Å². The molecule has 0 saturated heterocycles. The monoisotopic (exact) mass is 441 g/mol. The van der Waals surface area contributed by atoms with Crippen LogP contribution in [0.3, 0.4) is 0 Å². The van der Waals surface area contributed by atoms with Crippen LogP contribution in [-0.2, 0) is 6.54 Å². The van der Waals surface area contributed by atoms with Crippen LogP contribution in [0.2, 0.25) is 15.1 Å². The van der Waals surface area contributed by atoms with Crippen molar-refractivity contribution in [1.29, 1.82) is 0 Å². The normalized spacial score (nSPS) is 10.6. The first kappa shape index (κ1) is 15.5. The van der Waals surface area contributed by atoms with Crippen molar-refractivity contribution in [3.63, 3.8) is 0 Å². The van der Waals surface area contributed by atoms with Crippen molar-refractivity contribution in [3.8, 4) is 0 Å². The maximum atomic E-state index is 6.16. The Bertz CT molecular complexity index is 594. The summed E-state index contributed by atoms with van der Waals surface area (Å²) >= 11 is 25.1. The number of anilines is 1. The van der Waals surface area contributed by atoms with E-state index in [2.05, 4.69) is 37.2 Å². The lowest BCUT2D eigenvalue weighted by Crippen LogP contribution is -2.01. The molecule has 6 heteroatoms. The molecule has 1 N–H and O–H groups in total. The Morgan fingerprint density at radius 2 is 1.58 bits per heavy atom. The molecular weight excluding hydrogens is 436 g/mol. The lowest BCUT2D eigenvalue weighted by molar-refractivity contribution is 1.14. The minimum absolute atomic E-state index is 0.567. The number of halogens is 5. The van der Waals surface area contributed by atoms with Crippen LogP contribution in [-0.4, -0.2) is 0 Å². The van der Waals surface area contributed by atoms with E-state index in [1.165, 1.54) is 0 Å². The Kier molecular flexibility index (Phi) is 5.44. The molecule has 0 atom stereocenters. The van der Waals surface area contributed by atoms with E-state index in [0.717, 1.165) is 14.5 Å². The fraction of sp³-hybridized carbons (Fsp3) is 0.0769. The third kappa shape index (κ3) is 4.02. The van der Waals surface area contributed by atoms with Gasteiger partial charge in [0.25, 0.3) is 0 Å². The van der Waals surface area contributed by atoms with Crippen LogP contribution in [0.15, 0.2) is 39.3 Å². The summed E-state index contributed by atoms with van der Waals surface area (Å²) < 4.78 is 1.82. The molecule has 0 amide bonds. The van der Waals surface area contributed by atoms with Crippen LogP contribution in [0.4, 0.5) is 5.69 Å². The van der Waals surface area contributed by atoms with Crippen molar-refractivity contribution in [2.75, 3.05) is 5.32 Å². The predicted octanol–water partition coefficient (Wildman–Crippen LogP) is 6.78. The Labute approximate surface area is 143 Å². The van der Waals surface area contributed by atoms with Gasteiger partial charge in [0.1, 0.15) is 0 Å². The molecular formula is C13H8Br2Cl3N. The molecule has 0 spiro atoms. The SMILES string of the molecule is Clc1ccc(Br)c(CNc2c(Cl)cc(Br)cc2Cl)c1. The average Bonchev–Trinajstić information content (AvgIpc) is 2.32. The molecule has 0 bridgehead atoms. The van der Waals surface area contributed by atoms with Crippen molar-refractivity contribution < 1.29 is 0 Å². The minimum Gasteiger partial charge on any atom is -0.379 e. The summed E-state index contributed by atoms with van der Waals surface area (Å²) in [5, 5.41) is 5.04. The Hall–Kier alpha value is 0.0700. The topological polar surface area (TPSA) is 12.0 Å². The lowest BCUT2D eigenvalue weighted by atomic mass is 10.2. The molecule has 0 heterocycles. The summed E-state index contributed by atoms with van der Waals surface area (Å²) in [6, 6.07) is 9.21. The average molecular weight is 444 g/mol. The van der Waals surface area contributed by atoms with Gasteiger partial charge in [-0.2, -0.15) is 0 Å². The number of rotatable bonds is 3. The van der Waals surface area contributed by atoms with Gasteiger partial charge in [-0.15, -0.1) is 0 Å². The summed E-state index contributed by atoms with van der Waals surface area (Å²) in [5.41, 5.74) is 1.74. The highest BCUT2D eigenvalue weighted by Crippen LogP contribution is 2.34. The molecule has 19 heavy (non-hydrogen) atoms. The molecule has 2 aromatic rings. The first-order chi connectivity index (χ1) is 8.97. The first-order valence-electron chi connectivity index (χ1n) is 5.29. The number of hydrogen-bond acceptors (Lipinski definition) is 1. The Morgan fingerprint density at radius 1 is 0.947 bits per heavy atom. The van der Waals surface area contributed by atoms with E-state index < -0.39 is 0 Å². The van der Waals surface area contributed by atoms with Gasteiger partial charge in [-0.05, 0) is 35.9 Å². The van der Waals surface area contributed by atoms with Crippen LogP contribution in [0.5, 0.6) is 0 Å². The summed E-state index contributed by atoms with van der Waals surface area (Å²) in [7, 11) is 0. The van der Waals surface area contributed by atoms with E-state index in [1.807, 2.05) is 18.2 Å². The fourth-order valence-corrected chi connectivity index (χ4v) is 3.50. The largest absolute Gasteiger partial charge is 0.379 e. The van der Waals surface area contributed by atoms with Crippen LogP contribution >= 0.6 is 66.7 Å². The molecule has 0 radical (unpaired) electrons. The second kappa shape index (κ2) is 6.68. The third-order valence-electron chi connectivity index (χ3n) is 2.47. The van der Waals surface area contributed by atoms with Gasteiger partial charge in [-0.25, -0.2) is 0 Å². The molecule has 0 fully saturated rings. The van der Waals surface area contributed by atoms with Crippen LogP contribution in [0.25, 0.3) is 0 Å². The molecule has 0 aliphatic rings. The molecule has 1 nitrogen and oxygen atoms in total. The maximum Gasteiger partial charge on any atom is 0.0722 e. The van der Waals surface area contributed by atoms with Gasteiger partial charge in [0.05, 0.1) is 15.7 Å². The third-order valence-corrected chi connectivity index (χ3v) is 4.53. The molecule has 2 rings (SSSR count). The molecule has 0 aliphatic heterocycles. The summed E-state index contributed by atoms with van der Waals surface area (Å²) in [6.07, 6.45) is 0. The van der Waals surface area contributed by atoms with Crippen molar-refractivity contribution >= 4 is 72.4 Å². The van der Waals surface area contributed by atoms with E-state index in [0.29, 0.717) is 27.3 Å². The zero-order valence-electron chi connectivity index (χ0n) is 9.48. The number of benzene rings is 2. The molecule has 0 aromatic heterocycles. The van der Waals surface area contributed by atoms with Crippen molar-refractivity contribution in [2.45, 2.75) is 6.54 Å². The Balaban J connectivity index is 2.21. The molecule has 2 aromatic carbocycles. The van der Waals surface area contributed by atoms with Crippen molar-refractivity contribution in [1.82, 2.24) is 0 Å². The van der Waals surface area contributed by atoms with Gasteiger partial charge in [0.15, 0.2) is 0 Å². The highest BCUT2D eigenvalue weighted by atomic mass is 79.9. The molecule has 0 aliphatic carbocycles. The van der Waals surface area contributed by atoms with Crippen LogP contribution < -0.4 is 5.32 Å². The summed E-state index contributed by atoms with van der Waals surface area (Å²) in [4.78, 5) is 0. The lowest BCUT2D eigenvalue weighted by Gasteiger charge is -2.12. The molecule has 100 valence electrons. The molecule has 0 saturated carbocycles. The summed E-state index contributed by atoms with van der Waals surface area (Å²) in [5.74, 6) is 0. The van der Waals surface area contributed by atoms with Gasteiger partial charge in [-0.3, -0.25) is 0 Å². The van der Waals surface area contributed by atoms with E-state index >= 15 is 0 Å². The zero-order chi connectivity index (χ0) is 14.0. The second-order valence-corrected chi connectivity index (χ2v) is 6.85. The van der Waals surface area contributed by atoms with Crippen LogP contribution in [0, 0.1) is 0 Å². The van der Waals surface area contributed by atoms with Gasteiger partial charge >= 0.3 is 0 Å². The number of nitrogens with one attached hydrogen (secondary N) is 1. The number of hydrogen-bond donors (Lipinski definition) is 1. The van der Waals surface area contributed by atoms with E-state index in [4.69, 9.17) is 34.8 Å². The van der Waals surface area contributed by atoms with Gasteiger partial charge in [0.2, 0.25) is 0 Å². The second-order valence-electron chi connectivity index (χ2n) is 3.83. The maximum absolute atomic E-state index is 6.16. The smallest absolute Gasteiger partial charge is 0.0722 e. The summed E-state index contributed by atoms with van der Waals surface area (Å²) in [6.45, 7) is 0.572. The highest BCUT2D eigenvalue weighted by Gasteiger charge is 2.08. The van der Waals surface area contributed by atoms with Gasteiger partial charge < -0.3 is 5.32 Å². The highest BCUT2D eigenvalue weighted by molar-refractivity contribution is 9.10. The van der Waals surface area contributed by atoms with E-state index in [1.54, 1.807) is 12.1 Å². The quantitative estimate of drug-likeness (QED) is 0.550. The zero-order valence-corrected chi connectivity index (χ0v) is 14.9. The molecule has 0 unspecified atom stereocenters. The van der Waals surface area contributed by atoms with Crippen LogP contribution in [0.1, 0.15) is 5.56 Å². The Morgan fingerprint density at radius 3 is 2.21 bits per heavy atom. The minimum atomic E-state index is 0.567. The fourth-order valence-electron chi connectivity index (χ4n) is 1.57. The van der Waals surface area contributed by atoms with E-state index in [9.17, 15) is 0 Å². The van der Waals surface area contributed by atoms with E-state index in [-0.39, 0.29) is 0 Å². The van der Waals surface area contributed by atoms with Crippen molar-refractivity contribution in [3.05, 3.63) is 59.9 Å². The van der Waals surface area contributed by atoms with Crippen molar-refractivity contribution in [2.24, 2.45) is 0 Å². The van der Waals surface area contributed by atoms with Gasteiger partial charge in [0, 0.05) is 20.5 Å². The predicted molar refractivity (Wildman–Crippen MR) is 90.6 cm³/mol. The first-order valence-corrected chi connectivity index (χ1v) is 8.01.